The molecule has 3 nitrogen and oxygen atoms in total. The van der Waals surface area contributed by atoms with E-state index in [1.165, 1.54) is 0 Å². The van der Waals surface area contributed by atoms with Gasteiger partial charge in [-0.05, 0) is 53.4 Å². The predicted octanol–water partition coefficient (Wildman–Crippen LogP) is 4.39. The largest absolute Gasteiger partial charge is 0.343 e. The summed E-state index contributed by atoms with van der Waals surface area (Å²) in [5, 5.41) is 3.05. The fraction of sp³-hybridized carbons (Fsp3) is 0.312. The minimum absolute atomic E-state index is 0.0680. The summed E-state index contributed by atoms with van der Waals surface area (Å²) in [6.07, 6.45) is 2.82. The van der Waals surface area contributed by atoms with Gasteiger partial charge in [-0.15, -0.1) is 0 Å². The van der Waals surface area contributed by atoms with Gasteiger partial charge < -0.3 is 9.88 Å². The number of para-hydroxylation sites is 1. The van der Waals surface area contributed by atoms with Gasteiger partial charge in [-0.3, -0.25) is 4.79 Å². The summed E-state index contributed by atoms with van der Waals surface area (Å²) in [7, 11) is 0. The van der Waals surface area contributed by atoms with E-state index >= 15 is 0 Å². The highest BCUT2D eigenvalue weighted by atomic mass is 79.9. The summed E-state index contributed by atoms with van der Waals surface area (Å²) in [4.78, 5) is 12.5. The number of carbonyl (C=O) groups is 1. The Morgan fingerprint density at radius 1 is 1.35 bits per heavy atom. The zero-order chi connectivity index (χ0) is 14.7. The van der Waals surface area contributed by atoms with Gasteiger partial charge >= 0.3 is 0 Å². The molecule has 0 atom stereocenters. The highest BCUT2D eigenvalue weighted by molar-refractivity contribution is 9.10. The van der Waals surface area contributed by atoms with Crippen LogP contribution in [-0.4, -0.2) is 10.5 Å². The number of nitrogens with one attached hydrogen (secondary N) is 1. The fourth-order valence-corrected chi connectivity index (χ4v) is 2.77. The molecule has 1 aromatic heterocycles. The molecule has 0 fully saturated rings. The first-order valence-electron chi connectivity index (χ1n) is 6.82. The Labute approximate surface area is 128 Å². The van der Waals surface area contributed by atoms with Crippen molar-refractivity contribution in [3.63, 3.8) is 0 Å². The van der Waals surface area contributed by atoms with Crippen LogP contribution in [0.3, 0.4) is 0 Å². The van der Waals surface area contributed by atoms with Gasteiger partial charge in [0.05, 0.1) is 0 Å². The third-order valence-electron chi connectivity index (χ3n) is 3.42. The summed E-state index contributed by atoms with van der Waals surface area (Å²) < 4.78 is 2.86. The highest BCUT2D eigenvalue weighted by Crippen LogP contribution is 2.23. The number of amides is 1. The van der Waals surface area contributed by atoms with Crippen LogP contribution in [0.2, 0.25) is 0 Å². The Balaban J connectivity index is 2.32. The Hall–Kier alpha value is -1.55. The normalized spacial score (nSPS) is 10.6. The predicted molar refractivity (Wildman–Crippen MR) is 86.3 cm³/mol. The van der Waals surface area contributed by atoms with Crippen molar-refractivity contribution in [2.45, 2.75) is 33.7 Å². The number of nitrogens with zero attached hydrogens (tertiary/aromatic N) is 1. The Morgan fingerprint density at radius 2 is 2.10 bits per heavy atom. The third kappa shape index (κ3) is 2.96. The van der Waals surface area contributed by atoms with Crippen molar-refractivity contribution in [2.24, 2.45) is 0 Å². The maximum absolute atomic E-state index is 12.5. The Morgan fingerprint density at radius 3 is 2.75 bits per heavy atom. The van der Waals surface area contributed by atoms with E-state index in [2.05, 4.69) is 34.2 Å². The molecule has 106 valence electrons. The lowest BCUT2D eigenvalue weighted by Gasteiger charge is -2.13. The molecule has 0 saturated carbocycles. The number of rotatable bonds is 4. The van der Waals surface area contributed by atoms with E-state index < -0.39 is 0 Å². The molecule has 0 aliphatic rings. The van der Waals surface area contributed by atoms with Crippen molar-refractivity contribution >= 4 is 27.5 Å². The van der Waals surface area contributed by atoms with Crippen molar-refractivity contribution in [1.29, 1.82) is 0 Å². The molecule has 2 aromatic rings. The van der Waals surface area contributed by atoms with Crippen LogP contribution in [0.1, 0.15) is 35.5 Å². The van der Waals surface area contributed by atoms with Crippen LogP contribution in [-0.2, 0) is 13.0 Å². The molecular weight excluding hydrogens is 316 g/mol. The molecule has 1 N–H and O–H groups in total. The second kappa shape index (κ2) is 6.27. The average Bonchev–Trinajstić information content (AvgIpc) is 2.82. The maximum atomic E-state index is 12.5. The first kappa shape index (κ1) is 14.9. The molecule has 1 heterocycles. The topological polar surface area (TPSA) is 34.0 Å². The standard InChI is InChI=1S/C16H19BrN2O/c1-4-12-8-6-7-11(3)15(12)18-16(20)14-9-13(17)10-19(14)5-2/h6-10H,4-5H2,1-3H3,(H,18,20). The molecule has 0 spiro atoms. The first-order valence-corrected chi connectivity index (χ1v) is 7.61. The summed E-state index contributed by atoms with van der Waals surface area (Å²) >= 11 is 3.42. The van der Waals surface area contributed by atoms with E-state index in [1.54, 1.807) is 0 Å². The number of hydrogen-bond acceptors (Lipinski definition) is 1. The lowest BCUT2D eigenvalue weighted by molar-refractivity contribution is 0.101. The zero-order valence-electron chi connectivity index (χ0n) is 12.0. The molecule has 0 radical (unpaired) electrons. The molecule has 1 aromatic carbocycles. The number of halogens is 1. The van der Waals surface area contributed by atoms with Crippen LogP contribution in [0.5, 0.6) is 0 Å². The van der Waals surface area contributed by atoms with Crippen LogP contribution < -0.4 is 5.32 Å². The second-order valence-corrected chi connectivity index (χ2v) is 5.66. The smallest absolute Gasteiger partial charge is 0.272 e. The van der Waals surface area contributed by atoms with E-state index in [4.69, 9.17) is 0 Å². The van der Waals surface area contributed by atoms with Crippen LogP contribution in [0.4, 0.5) is 5.69 Å². The zero-order valence-corrected chi connectivity index (χ0v) is 13.6. The number of hydrogen-bond donors (Lipinski definition) is 1. The molecule has 0 bridgehead atoms. The quantitative estimate of drug-likeness (QED) is 0.883. The molecule has 2 rings (SSSR count). The molecule has 0 saturated heterocycles. The van der Waals surface area contributed by atoms with E-state index in [0.717, 1.165) is 34.3 Å². The number of benzene rings is 1. The van der Waals surface area contributed by atoms with Gasteiger partial charge in [0.2, 0.25) is 0 Å². The monoisotopic (exact) mass is 334 g/mol. The highest BCUT2D eigenvalue weighted by Gasteiger charge is 2.14. The van der Waals surface area contributed by atoms with Crippen molar-refractivity contribution in [3.05, 3.63) is 51.8 Å². The number of aromatic nitrogens is 1. The summed E-state index contributed by atoms with van der Waals surface area (Å²) in [6.45, 7) is 6.90. The summed E-state index contributed by atoms with van der Waals surface area (Å²) in [6, 6.07) is 7.94. The van der Waals surface area contributed by atoms with E-state index in [0.29, 0.717) is 5.69 Å². The molecule has 20 heavy (non-hydrogen) atoms. The molecule has 4 heteroatoms. The summed E-state index contributed by atoms with van der Waals surface area (Å²) in [5.41, 5.74) is 3.85. The van der Waals surface area contributed by atoms with Crippen molar-refractivity contribution in [3.8, 4) is 0 Å². The molecule has 0 aliphatic carbocycles. The van der Waals surface area contributed by atoms with Crippen LogP contribution >= 0.6 is 15.9 Å². The lowest BCUT2D eigenvalue weighted by Crippen LogP contribution is -2.18. The number of carbonyl (C=O) groups excluding carboxylic acids is 1. The molecular formula is C16H19BrN2O. The van der Waals surface area contributed by atoms with Crippen molar-refractivity contribution in [2.75, 3.05) is 5.32 Å². The number of aryl methyl sites for hydroxylation is 3. The lowest BCUT2D eigenvalue weighted by atomic mass is 10.1. The van der Waals surface area contributed by atoms with Gasteiger partial charge in [0, 0.05) is 22.9 Å². The van der Waals surface area contributed by atoms with E-state index in [9.17, 15) is 4.79 Å². The van der Waals surface area contributed by atoms with E-state index in [1.807, 2.05) is 42.8 Å². The van der Waals surface area contributed by atoms with Crippen LogP contribution in [0, 0.1) is 6.92 Å². The SMILES string of the molecule is CCc1cccc(C)c1NC(=O)c1cc(Br)cn1CC. The van der Waals surface area contributed by atoms with Crippen LogP contribution in [0.25, 0.3) is 0 Å². The molecule has 0 unspecified atom stereocenters. The van der Waals surface area contributed by atoms with E-state index in [-0.39, 0.29) is 5.91 Å². The first-order chi connectivity index (χ1) is 9.56. The van der Waals surface area contributed by atoms with Crippen molar-refractivity contribution < 1.29 is 4.79 Å². The van der Waals surface area contributed by atoms with Crippen LogP contribution in [0.15, 0.2) is 34.9 Å². The third-order valence-corrected chi connectivity index (χ3v) is 3.85. The maximum Gasteiger partial charge on any atom is 0.272 e. The minimum Gasteiger partial charge on any atom is -0.343 e. The fourth-order valence-electron chi connectivity index (χ4n) is 2.31. The average molecular weight is 335 g/mol. The molecule has 1 amide bonds. The number of anilines is 1. The van der Waals surface area contributed by atoms with Gasteiger partial charge in [0.15, 0.2) is 0 Å². The van der Waals surface area contributed by atoms with Gasteiger partial charge in [0.1, 0.15) is 5.69 Å². The van der Waals surface area contributed by atoms with Gasteiger partial charge in [0.25, 0.3) is 5.91 Å². The minimum atomic E-state index is -0.0680. The van der Waals surface area contributed by atoms with Gasteiger partial charge in [-0.1, -0.05) is 25.1 Å². The Kier molecular flexibility index (Phi) is 4.65. The molecule has 0 aliphatic heterocycles. The second-order valence-electron chi connectivity index (χ2n) is 4.75. The van der Waals surface area contributed by atoms with Gasteiger partial charge in [-0.25, -0.2) is 0 Å². The summed E-state index contributed by atoms with van der Waals surface area (Å²) in [5.74, 6) is -0.0680. The van der Waals surface area contributed by atoms with Gasteiger partial charge in [-0.2, -0.15) is 0 Å². The van der Waals surface area contributed by atoms with Crippen molar-refractivity contribution in [1.82, 2.24) is 4.57 Å². The Bertz CT molecular complexity index is 631.